The zero-order chi connectivity index (χ0) is 12.5. The van der Waals surface area contributed by atoms with Gasteiger partial charge in [0.2, 0.25) is 0 Å². The van der Waals surface area contributed by atoms with Crippen LogP contribution in [0, 0.1) is 0 Å². The fourth-order valence-corrected chi connectivity index (χ4v) is 3.65. The van der Waals surface area contributed by atoms with Crippen LogP contribution in [0.4, 0.5) is 0 Å². The summed E-state index contributed by atoms with van der Waals surface area (Å²) in [5.74, 6) is 0.348. The van der Waals surface area contributed by atoms with Gasteiger partial charge < -0.3 is 5.32 Å². The van der Waals surface area contributed by atoms with Crippen LogP contribution >= 0.6 is 12.2 Å². The third-order valence-electron chi connectivity index (χ3n) is 4.36. The Morgan fingerprint density at radius 1 is 1.22 bits per heavy atom. The normalized spacial score (nSPS) is 21.9. The molecule has 0 fully saturated rings. The second-order valence-corrected chi connectivity index (χ2v) is 5.83. The van der Waals surface area contributed by atoms with Crippen molar-refractivity contribution in [1.29, 1.82) is 0 Å². The smallest absolute Gasteiger partial charge is 0.0842 e. The molecule has 2 aliphatic rings. The number of aryl methyl sites for hydroxylation is 1. The van der Waals surface area contributed by atoms with Crippen LogP contribution in [0.1, 0.15) is 54.0 Å². The quantitative estimate of drug-likeness (QED) is 0.786. The Kier molecular flexibility index (Phi) is 3.33. The van der Waals surface area contributed by atoms with Crippen molar-refractivity contribution in [2.24, 2.45) is 0 Å². The first kappa shape index (κ1) is 12.1. The molecule has 0 aromatic carbocycles. The number of nitrogens with one attached hydrogen (secondary N) is 1. The van der Waals surface area contributed by atoms with Crippen molar-refractivity contribution in [2.75, 3.05) is 7.05 Å². The van der Waals surface area contributed by atoms with Crippen molar-refractivity contribution in [3.8, 4) is 0 Å². The predicted molar refractivity (Wildman–Crippen MR) is 78.2 cm³/mol. The molecule has 0 saturated carbocycles. The van der Waals surface area contributed by atoms with Crippen LogP contribution in [0.3, 0.4) is 0 Å². The van der Waals surface area contributed by atoms with Gasteiger partial charge in [0.1, 0.15) is 0 Å². The molecule has 0 bridgehead atoms. The molecule has 1 heterocycles. The second kappa shape index (κ2) is 4.96. The molecule has 1 N–H and O–H groups in total. The maximum atomic E-state index is 5.46. The molecule has 0 spiro atoms. The van der Waals surface area contributed by atoms with Crippen LogP contribution in [0.2, 0.25) is 0 Å². The zero-order valence-electron chi connectivity index (χ0n) is 11.0. The first-order chi connectivity index (χ1) is 8.81. The van der Waals surface area contributed by atoms with Crippen LogP contribution < -0.4 is 5.32 Å². The van der Waals surface area contributed by atoms with Crippen LogP contribution in [0.15, 0.2) is 6.20 Å². The van der Waals surface area contributed by atoms with Gasteiger partial charge in [0, 0.05) is 13.2 Å². The van der Waals surface area contributed by atoms with E-state index in [0.29, 0.717) is 5.92 Å². The summed E-state index contributed by atoms with van der Waals surface area (Å²) in [6, 6.07) is 0. The number of likely N-dealkylation sites (N-methyl/N-ethyl adjacent to an activating group) is 1. The van der Waals surface area contributed by atoms with Crippen molar-refractivity contribution in [2.45, 2.75) is 50.9 Å². The Morgan fingerprint density at radius 3 is 2.83 bits per heavy atom. The van der Waals surface area contributed by atoms with Crippen LogP contribution in [0.25, 0.3) is 0 Å². The molecule has 0 radical (unpaired) electrons. The summed E-state index contributed by atoms with van der Waals surface area (Å²) in [6.45, 7) is 0. The number of rotatable bonds is 1. The second-order valence-electron chi connectivity index (χ2n) is 5.39. The summed E-state index contributed by atoms with van der Waals surface area (Å²) in [4.78, 5) is 5.71. The lowest BCUT2D eigenvalue weighted by molar-refractivity contribution is 0.601. The van der Waals surface area contributed by atoms with E-state index < -0.39 is 0 Å². The predicted octanol–water partition coefficient (Wildman–Crippen LogP) is 2.93. The first-order valence-electron chi connectivity index (χ1n) is 7.02. The highest BCUT2D eigenvalue weighted by molar-refractivity contribution is 7.80. The van der Waals surface area contributed by atoms with E-state index in [9.17, 15) is 0 Å². The number of hydrogen-bond acceptors (Lipinski definition) is 2. The first-order valence-corrected chi connectivity index (χ1v) is 7.43. The Balaban J connectivity index is 2.06. The number of hydrogen-bond donors (Lipinski definition) is 1. The number of nitrogens with zero attached hydrogens (tertiary/aromatic N) is 1. The van der Waals surface area contributed by atoms with Crippen LogP contribution in [-0.2, 0) is 19.3 Å². The van der Waals surface area contributed by atoms with Crippen LogP contribution in [0.5, 0.6) is 0 Å². The summed E-state index contributed by atoms with van der Waals surface area (Å²) < 4.78 is 0. The van der Waals surface area contributed by atoms with Gasteiger partial charge in [0.25, 0.3) is 0 Å². The van der Waals surface area contributed by atoms with Gasteiger partial charge in [-0.1, -0.05) is 12.2 Å². The van der Waals surface area contributed by atoms with Gasteiger partial charge in [-0.3, -0.25) is 4.98 Å². The highest BCUT2D eigenvalue weighted by Gasteiger charge is 2.28. The summed E-state index contributed by atoms with van der Waals surface area (Å²) in [5, 5.41) is 3.15. The average Bonchev–Trinajstić information content (AvgIpc) is 2.45. The summed E-state index contributed by atoms with van der Waals surface area (Å²) >= 11 is 5.46. The molecule has 0 aliphatic heterocycles. The molecule has 1 aromatic rings. The highest BCUT2D eigenvalue weighted by Crippen LogP contribution is 2.36. The molecule has 1 aromatic heterocycles. The minimum Gasteiger partial charge on any atom is -0.382 e. The van der Waals surface area contributed by atoms with Gasteiger partial charge in [-0.2, -0.15) is 0 Å². The van der Waals surface area contributed by atoms with Crippen molar-refractivity contribution < 1.29 is 0 Å². The fraction of sp³-hybridized carbons (Fsp3) is 0.600. The zero-order valence-corrected chi connectivity index (χ0v) is 11.8. The minimum atomic E-state index is 0.348. The van der Waals surface area contributed by atoms with E-state index in [1.807, 2.05) is 7.05 Å². The molecule has 96 valence electrons. The number of fused-ring (bicyclic) bond motifs is 3. The molecule has 0 amide bonds. The molecule has 0 saturated heterocycles. The van der Waals surface area contributed by atoms with Crippen molar-refractivity contribution in [3.63, 3.8) is 0 Å². The molecular formula is C15H20N2S. The van der Waals surface area contributed by atoms with Gasteiger partial charge in [-0.15, -0.1) is 0 Å². The van der Waals surface area contributed by atoms with E-state index in [1.165, 1.54) is 55.3 Å². The van der Waals surface area contributed by atoms with Crippen molar-refractivity contribution in [1.82, 2.24) is 10.3 Å². The van der Waals surface area contributed by atoms with E-state index in [0.717, 1.165) is 11.4 Å². The van der Waals surface area contributed by atoms with E-state index in [4.69, 9.17) is 17.2 Å². The Hall–Kier alpha value is -0.960. The van der Waals surface area contributed by atoms with Crippen LogP contribution in [-0.4, -0.2) is 17.0 Å². The lowest BCUT2D eigenvalue weighted by Crippen LogP contribution is -2.28. The topological polar surface area (TPSA) is 24.9 Å². The molecule has 2 nitrogen and oxygen atoms in total. The van der Waals surface area contributed by atoms with Gasteiger partial charge in [0.05, 0.1) is 16.6 Å². The van der Waals surface area contributed by atoms with E-state index >= 15 is 0 Å². The number of pyridine rings is 1. The van der Waals surface area contributed by atoms with E-state index in [2.05, 4.69) is 11.5 Å². The maximum Gasteiger partial charge on any atom is 0.0842 e. The van der Waals surface area contributed by atoms with Gasteiger partial charge in [0.15, 0.2) is 0 Å². The molecule has 0 unspecified atom stereocenters. The molecule has 3 rings (SSSR count). The van der Waals surface area contributed by atoms with Crippen molar-refractivity contribution >= 4 is 17.2 Å². The van der Waals surface area contributed by atoms with Crippen molar-refractivity contribution in [3.05, 3.63) is 28.6 Å². The van der Waals surface area contributed by atoms with Gasteiger partial charge in [-0.05, 0) is 61.6 Å². The van der Waals surface area contributed by atoms with Gasteiger partial charge >= 0.3 is 0 Å². The fourth-order valence-electron chi connectivity index (χ4n) is 3.42. The third-order valence-corrected chi connectivity index (χ3v) is 4.84. The summed E-state index contributed by atoms with van der Waals surface area (Å²) in [6.07, 6.45) is 10.8. The lowest BCUT2D eigenvalue weighted by Gasteiger charge is -2.29. The Bertz CT molecular complexity index is 482. The molecule has 2 aliphatic carbocycles. The maximum absolute atomic E-state index is 5.46. The average molecular weight is 260 g/mol. The highest BCUT2D eigenvalue weighted by atomic mass is 32.1. The Labute approximate surface area is 114 Å². The standard InChI is InChI=1S/C15H20N2S/c1-16-15(18)13-8-4-7-12-11-6-3-2-5-10(11)9-17-14(12)13/h9,13H,2-8H2,1H3,(H,16,18)/t13-/m1/s1. The summed E-state index contributed by atoms with van der Waals surface area (Å²) in [7, 11) is 1.93. The lowest BCUT2D eigenvalue weighted by atomic mass is 9.80. The summed E-state index contributed by atoms with van der Waals surface area (Å²) in [5.41, 5.74) is 5.90. The molecule has 1 atom stereocenters. The van der Waals surface area contributed by atoms with E-state index in [1.54, 1.807) is 5.56 Å². The third kappa shape index (κ3) is 1.95. The van der Waals surface area contributed by atoms with Gasteiger partial charge in [-0.25, -0.2) is 0 Å². The molecular weight excluding hydrogens is 240 g/mol. The molecule has 3 heteroatoms. The number of thiocarbonyl (C=S) groups is 1. The minimum absolute atomic E-state index is 0.348. The number of aromatic nitrogens is 1. The Morgan fingerprint density at radius 2 is 2.00 bits per heavy atom. The molecule has 18 heavy (non-hydrogen) atoms. The monoisotopic (exact) mass is 260 g/mol. The SMILES string of the molecule is CNC(=S)[C@@H]1CCCc2c1ncc1c2CCCC1. The van der Waals surface area contributed by atoms with E-state index in [-0.39, 0.29) is 0 Å². The largest absolute Gasteiger partial charge is 0.382 e.